The van der Waals surface area contributed by atoms with Crippen LogP contribution in [0.5, 0.6) is 0 Å². The average Bonchev–Trinajstić information content (AvgIpc) is 2.89. The molecule has 1 amide bonds. The number of carbonyl (C=O) groups is 1. The van der Waals surface area contributed by atoms with Crippen LogP contribution in [0.15, 0.2) is 42.5 Å². The number of carbonyl (C=O) groups excluding carboxylic acids is 1. The van der Waals surface area contributed by atoms with Gasteiger partial charge in [0.2, 0.25) is 5.91 Å². The second kappa shape index (κ2) is 7.12. The fourth-order valence-electron chi connectivity index (χ4n) is 3.35. The first kappa shape index (κ1) is 17.9. The molecule has 1 N–H and O–H groups in total. The maximum Gasteiger partial charge on any atom is 0.342 e. The zero-order valence-electron chi connectivity index (χ0n) is 14.6. The highest BCUT2D eigenvalue weighted by Crippen LogP contribution is 2.68. The molecule has 1 aliphatic carbocycles. The summed E-state index contributed by atoms with van der Waals surface area (Å²) in [6, 6.07) is 13.5. The van der Waals surface area contributed by atoms with E-state index in [-0.39, 0.29) is 5.91 Å². The Labute approximate surface area is 147 Å². The molecular weight excluding hydrogens is 337 g/mol. The molecular formula is C19H22NO4P. The zero-order valence-corrected chi connectivity index (χ0v) is 15.5. The van der Waals surface area contributed by atoms with Crippen LogP contribution in [0.25, 0.3) is 11.1 Å². The predicted molar refractivity (Wildman–Crippen MR) is 98.9 cm³/mol. The Kier molecular flexibility index (Phi) is 5.09. The van der Waals surface area contributed by atoms with Gasteiger partial charge in [0.15, 0.2) is 0 Å². The summed E-state index contributed by atoms with van der Waals surface area (Å²) in [6.07, 6.45) is 0. The monoisotopic (exact) mass is 359 g/mol. The van der Waals surface area contributed by atoms with Gasteiger partial charge in [-0.3, -0.25) is 9.36 Å². The maximum absolute atomic E-state index is 13.5. The molecule has 0 aliphatic heterocycles. The summed E-state index contributed by atoms with van der Waals surface area (Å²) >= 11 is 0. The van der Waals surface area contributed by atoms with Gasteiger partial charge in [0.25, 0.3) is 0 Å². The fraction of sp³-hybridized carbons (Fsp3) is 0.316. The van der Waals surface area contributed by atoms with E-state index < -0.39 is 13.3 Å². The van der Waals surface area contributed by atoms with Crippen LogP contribution in [0.2, 0.25) is 0 Å². The van der Waals surface area contributed by atoms with Crippen LogP contribution in [0.4, 0.5) is 5.69 Å². The van der Waals surface area contributed by atoms with Crippen LogP contribution in [0, 0.1) is 0 Å². The predicted octanol–water partition coefficient (Wildman–Crippen LogP) is 4.98. The van der Waals surface area contributed by atoms with Crippen molar-refractivity contribution in [3.05, 3.63) is 53.6 Å². The third kappa shape index (κ3) is 3.28. The molecule has 6 heteroatoms. The van der Waals surface area contributed by atoms with Gasteiger partial charge in [-0.2, -0.15) is 0 Å². The minimum atomic E-state index is -3.40. The Balaban J connectivity index is 2.18. The van der Waals surface area contributed by atoms with E-state index in [4.69, 9.17) is 9.05 Å². The van der Waals surface area contributed by atoms with E-state index in [9.17, 15) is 9.36 Å². The van der Waals surface area contributed by atoms with Crippen LogP contribution in [-0.2, 0) is 18.4 Å². The van der Waals surface area contributed by atoms with Crippen molar-refractivity contribution in [1.82, 2.24) is 0 Å². The lowest BCUT2D eigenvalue weighted by molar-refractivity contribution is -0.114. The van der Waals surface area contributed by atoms with E-state index in [2.05, 4.69) is 5.32 Å². The minimum absolute atomic E-state index is 0.148. The Morgan fingerprint density at radius 3 is 2.32 bits per heavy atom. The Bertz CT molecular complexity index is 839. The van der Waals surface area contributed by atoms with Gasteiger partial charge < -0.3 is 14.4 Å². The first-order chi connectivity index (χ1) is 12.0. The van der Waals surface area contributed by atoms with Gasteiger partial charge in [0, 0.05) is 12.6 Å². The molecule has 2 aromatic carbocycles. The number of hydrogen-bond acceptors (Lipinski definition) is 4. The summed E-state index contributed by atoms with van der Waals surface area (Å²) in [5.74, 6) is -0.148. The van der Waals surface area contributed by atoms with Crippen LogP contribution >= 0.6 is 7.60 Å². The second-order valence-electron chi connectivity index (χ2n) is 5.85. The van der Waals surface area contributed by atoms with Gasteiger partial charge in [-0.15, -0.1) is 0 Å². The number of nitrogens with one attached hydrogen (secondary N) is 1. The highest BCUT2D eigenvalue weighted by molar-refractivity contribution is 7.54. The number of anilines is 1. The minimum Gasteiger partial charge on any atom is -0.326 e. The summed E-state index contributed by atoms with van der Waals surface area (Å²) in [5.41, 5.74) is 3.99. The molecule has 0 radical (unpaired) electrons. The van der Waals surface area contributed by atoms with Gasteiger partial charge in [-0.1, -0.05) is 30.3 Å². The van der Waals surface area contributed by atoms with Crippen molar-refractivity contribution in [2.24, 2.45) is 0 Å². The lowest BCUT2D eigenvalue weighted by Gasteiger charge is -2.25. The smallest absolute Gasteiger partial charge is 0.326 e. The first-order valence-corrected chi connectivity index (χ1v) is 10.0. The second-order valence-corrected chi connectivity index (χ2v) is 7.96. The average molecular weight is 359 g/mol. The van der Waals surface area contributed by atoms with Gasteiger partial charge >= 0.3 is 7.60 Å². The normalized spacial score (nSPS) is 15.6. The summed E-state index contributed by atoms with van der Waals surface area (Å²) in [5, 5.41) is 2.79. The van der Waals surface area contributed by atoms with E-state index in [0.717, 1.165) is 22.3 Å². The Morgan fingerprint density at radius 1 is 1.04 bits per heavy atom. The van der Waals surface area contributed by atoms with E-state index >= 15 is 0 Å². The molecule has 1 atom stereocenters. The largest absolute Gasteiger partial charge is 0.342 e. The Hall–Kier alpha value is -1.94. The van der Waals surface area contributed by atoms with Crippen LogP contribution in [-0.4, -0.2) is 19.1 Å². The van der Waals surface area contributed by atoms with E-state index in [1.54, 1.807) is 13.8 Å². The molecule has 0 saturated heterocycles. The topological polar surface area (TPSA) is 64.6 Å². The molecule has 5 nitrogen and oxygen atoms in total. The number of fused-ring (bicyclic) bond motifs is 3. The van der Waals surface area contributed by atoms with E-state index in [1.165, 1.54) is 6.92 Å². The molecule has 0 bridgehead atoms. The summed E-state index contributed by atoms with van der Waals surface area (Å²) in [4.78, 5) is 11.4. The molecule has 132 valence electrons. The highest BCUT2D eigenvalue weighted by Gasteiger charge is 2.44. The van der Waals surface area contributed by atoms with Gasteiger partial charge in [-0.05, 0) is 48.2 Å². The third-order valence-electron chi connectivity index (χ3n) is 4.15. The van der Waals surface area contributed by atoms with Gasteiger partial charge in [0.05, 0.1) is 13.2 Å². The highest BCUT2D eigenvalue weighted by atomic mass is 31.2. The standard InChI is InChI=1S/C19H22NO4P/c1-4-23-25(22,24-5-2)19-17-9-7-6-8-15(17)16-11-10-14(12-18(16)19)20-13(3)21/h6-12,19H,4-5H2,1-3H3,(H,20,21)/t19-/m1/s1. The summed E-state index contributed by atoms with van der Waals surface area (Å²) in [6.45, 7) is 5.68. The van der Waals surface area contributed by atoms with Crippen LogP contribution in [0.3, 0.4) is 0 Å². The molecule has 0 unspecified atom stereocenters. The van der Waals surface area contributed by atoms with Gasteiger partial charge in [0.1, 0.15) is 5.66 Å². The van der Waals surface area contributed by atoms with Crippen molar-refractivity contribution in [3.8, 4) is 11.1 Å². The molecule has 3 rings (SSSR count). The van der Waals surface area contributed by atoms with Crippen LogP contribution < -0.4 is 5.32 Å². The van der Waals surface area contributed by atoms with Crippen molar-refractivity contribution in [1.29, 1.82) is 0 Å². The number of rotatable bonds is 6. The number of hydrogen-bond donors (Lipinski definition) is 1. The van der Waals surface area contributed by atoms with Crippen molar-refractivity contribution >= 4 is 19.2 Å². The number of amides is 1. The van der Waals surface area contributed by atoms with Crippen molar-refractivity contribution in [3.63, 3.8) is 0 Å². The van der Waals surface area contributed by atoms with Crippen LogP contribution in [0.1, 0.15) is 37.6 Å². The molecule has 0 heterocycles. The molecule has 0 fully saturated rings. The van der Waals surface area contributed by atoms with Crippen molar-refractivity contribution in [2.45, 2.75) is 26.4 Å². The molecule has 2 aromatic rings. The molecule has 0 saturated carbocycles. The molecule has 0 aromatic heterocycles. The summed E-state index contributed by atoms with van der Waals surface area (Å²) < 4.78 is 24.8. The Morgan fingerprint density at radius 2 is 1.68 bits per heavy atom. The lowest BCUT2D eigenvalue weighted by atomic mass is 10.1. The SMILES string of the molecule is CCOP(=O)(OCC)[C@@H]1c2ccccc2-c2ccc(NC(C)=O)cc21. The quantitative estimate of drug-likeness (QED) is 0.739. The molecule has 25 heavy (non-hydrogen) atoms. The fourth-order valence-corrected chi connectivity index (χ4v) is 5.56. The van der Waals surface area contributed by atoms with E-state index in [0.29, 0.717) is 18.9 Å². The zero-order chi connectivity index (χ0) is 18.0. The third-order valence-corrected chi connectivity index (χ3v) is 6.57. The summed E-state index contributed by atoms with van der Waals surface area (Å²) in [7, 11) is -3.40. The van der Waals surface area contributed by atoms with Gasteiger partial charge in [-0.25, -0.2) is 0 Å². The van der Waals surface area contributed by atoms with E-state index in [1.807, 2.05) is 42.5 Å². The number of benzene rings is 2. The first-order valence-electron chi connectivity index (χ1n) is 8.39. The maximum atomic E-state index is 13.5. The lowest BCUT2D eigenvalue weighted by Crippen LogP contribution is -2.08. The van der Waals surface area contributed by atoms with Crippen molar-refractivity contribution < 1.29 is 18.4 Å². The van der Waals surface area contributed by atoms with Crippen molar-refractivity contribution in [2.75, 3.05) is 18.5 Å². The molecule has 1 aliphatic rings. The molecule has 0 spiro atoms.